The third kappa shape index (κ3) is 2.43. The number of hydrogen-bond acceptors (Lipinski definition) is 4. The minimum absolute atomic E-state index is 0.0233. The van der Waals surface area contributed by atoms with Crippen LogP contribution in [-0.2, 0) is 0 Å². The third-order valence-electron chi connectivity index (χ3n) is 1.66. The molecule has 0 bridgehead atoms. The van der Waals surface area contributed by atoms with Crippen molar-refractivity contribution in [2.75, 3.05) is 5.75 Å². The van der Waals surface area contributed by atoms with Crippen LogP contribution in [0.2, 0.25) is 0 Å². The van der Waals surface area contributed by atoms with Crippen LogP contribution in [0.5, 0.6) is 0 Å². The van der Waals surface area contributed by atoms with Crippen molar-refractivity contribution in [1.82, 2.24) is 0 Å². The van der Waals surface area contributed by atoms with Gasteiger partial charge in [0.2, 0.25) is 0 Å². The summed E-state index contributed by atoms with van der Waals surface area (Å²) in [7, 11) is 0. The fourth-order valence-electron chi connectivity index (χ4n) is 0.924. The Morgan fingerprint density at radius 2 is 2.00 bits per heavy atom. The van der Waals surface area contributed by atoms with E-state index in [1.54, 1.807) is 0 Å². The standard InChI is InChI=1S/C8H9NO3S/c10-8(5-13)6-1-3-7(4-2-6)9(11)12/h1-4,8,10,13H,5H2. The van der Waals surface area contributed by atoms with Crippen LogP contribution >= 0.6 is 12.6 Å². The maximum Gasteiger partial charge on any atom is 0.269 e. The van der Waals surface area contributed by atoms with E-state index in [1.807, 2.05) is 0 Å². The van der Waals surface area contributed by atoms with Gasteiger partial charge >= 0.3 is 0 Å². The molecule has 5 heteroatoms. The van der Waals surface area contributed by atoms with E-state index in [0.29, 0.717) is 11.3 Å². The molecule has 0 aromatic heterocycles. The van der Waals surface area contributed by atoms with Crippen molar-refractivity contribution >= 4 is 18.3 Å². The summed E-state index contributed by atoms with van der Waals surface area (Å²) in [5.74, 6) is 0.303. The molecule has 0 spiro atoms. The molecule has 0 amide bonds. The number of nitro groups is 1. The van der Waals surface area contributed by atoms with Gasteiger partial charge in [-0.25, -0.2) is 0 Å². The van der Waals surface area contributed by atoms with Crippen LogP contribution in [0.1, 0.15) is 11.7 Å². The molecule has 70 valence electrons. The van der Waals surface area contributed by atoms with E-state index in [2.05, 4.69) is 12.6 Å². The van der Waals surface area contributed by atoms with Gasteiger partial charge in [-0.1, -0.05) is 0 Å². The van der Waals surface area contributed by atoms with E-state index in [4.69, 9.17) is 0 Å². The highest BCUT2D eigenvalue weighted by molar-refractivity contribution is 7.80. The largest absolute Gasteiger partial charge is 0.388 e. The molecule has 13 heavy (non-hydrogen) atoms. The minimum Gasteiger partial charge on any atom is -0.388 e. The maximum atomic E-state index is 10.3. The van der Waals surface area contributed by atoms with Crippen molar-refractivity contribution in [2.45, 2.75) is 6.10 Å². The molecule has 0 heterocycles. The fourth-order valence-corrected chi connectivity index (χ4v) is 1.13. The van der Waals surface area contributed by atoms with Crippen LogP contribution in [0.15, 0.2) is 24.3 Å². The Morgan fingerprint density at radius 3 is 2.38 bits per heavy atom. The Bertz CT molecular complexity index is 299. The molecule has 0 aliphatic rings. The van der Waals surface area contributed by atoms with Gasteiger partial charge in [0, 0.05) is 17.9 Å². The lowest BCUT2D eigenvalue weighted by Crippen LogP contribution is -1.98. The van der Waals surface area contributed by atoms with E-state index in [-0.39, 0.29) is 5.69 Å². The predicted octanol–water partition coefficient (Wildman–Crippen LogP) is 1.56. The summed E-state index contributed by atoms with van der Waals surface area (Å²) in [5.41, 5.74) is 0.663. The molecule has 1 rings (SSSR count). The Hall–Kier alpha value is -1.07. The average Bonchev–Trinajstić information content (AvgIpc) is 2.17. The van der Waals surface area contributed by atoms with Crippen molar-refractivity contribution in [2.24, 2.45) is 0 Å². The van der Waals surface area contributed by atoms with Gasteiger partial charge in [-0.05, 0) is 17.7 Å². The van der Waals surface area contributed by atoms with E-state index >= 15 is 0 Å². The van der Waals surface area contributed by atoms with Gasteiger partial charge in [-0.2, -0.15) is 12.6 Å². The quantitative estimate of drug-likeness (QED) is 0.441. The number of thiol groups is 1. The van der Waals surface area contributed by atoms with Gasteiger partial charge in [0.05, 0.1) is 11.0 Å². The Labute approximate surface area is 80.8 Å². The normalized spacial score (nSPS) is 12.5. The molecule has 0 aliphatic carbocycles. The number of nitrogens with zero attached hydrogens (tertiary/aromatic N) is 1. The van der Waals surface area contributed by atoms with Crippen LogP contribution in [0, 0.1) is 10.1 Å². The molecule has 1 N–H and O–H groups in total. The number of hydrogen-bond donors (Lipinski definition) is 2. The highest BCUT2D eigenvalue weighted by Crippen LogP contribution is 2.18. The second-order valence-corrected chi connectivity index (χ2v) is 2.91. The molecule has 0 saturated carbocycles. The van der Waals surface area contributed by atoms with Crippen LogP contribution in [0.25, 0.3) is 0 Å². The van der Waals surface area contributed by atoms with Gasteiger partial charge in [0.25, 0.3) is 5.69 Å². The predicted molar refractivity (Wildman–Crippen MR) is 51.9 cm³/mol. The summed E-state index contributed by atoms with van der Waals surface area (Å²) in [4.78, 5) is 9.80. The van der Waals surface area contributed by atoms with Crippen molar-refractivity contribution in [3.8, 4) is 0 Å². The number of rotatable bonds is 3. The Morgan fingerprint density at radius 1 is 1.46 bits per heavy atom. The topological polar surface area (TPSA) is 63.4 Å². The smallest absolute Gasteiger partial charge is 0.269 e. The number of aliphatic hydroxyl groups is 1. The van der Waals surface area contributed by atoms with E-state index in [0.717, 1.165) is 0 Å². The summed E-state index contributed by atoms with van der Waals surface area (Å²) in [5, 5.41) is 19.6. The van der Waals surface area contributed by atoms with Crippen molar-refractivity contribution in [3.63, 3.8) is 0 Å². The highest BCUT2D eigenvalue weighted by atomic mass is 32.1. The average molecular weight is 199 g/mol. The Balaban J connectivity index is 2.87. The zero-order valence-corrected chi connectivity index (χ0v) is 7.65. The zero-order chi connectivity index (χ0) is 9.84. The molecule has 0 radical (unpaired) electrons. The highest BCUT2D eigenvalue weighted by Gasteiger charge is 2.08. The summed E-state index contributed by atoms with van der Waals surface area (Å²) in [6.07, 6.45) is -0.663. The van der Waals surface area contributed by atoms with Gasteiger partial charge in [-0.3, -0.25) is 10.1 Å². The third-order valence-corrected chi connectivity index (χ3v) is 2.01. The second-order valence-electron chi connectivity index (χ2n) is 2.55. The molecule has 1 atom stereocenters. The molecule has 0 aliphatic heterocycles. The first-order valence-corrected chi connectivity index (χ1v) is 4.31. The number of non-ortho nitro benzene ring substituents is 1. The molecule has 0 saturated heterocycles. The monoisotopic (exact) mass is 199 g/mol. The van der Waals surface area contributed by atoms with E-state index in [1.165, 1.54) is 24.3 Å². The SMILES string of the molecule is O=[N+]([O-])c1ccc(C(O)CS)cc1. The lowest BCUT2D eigenvalue weighted by atomic mass is 10.1. The van der Waals surface area contributed by atoms with Crippen LogP contribution in [0.3, 0.4) is 0 Å². The lowest BCUT2D eigenvalue weighted by molar-refractivity contribution is -0.384. The van der Waals surface area contributed by atoms with Crippen LogP contribution < -0.4 is 0 Å². The first-order chi connectivity index (χ1) is 6.15. The number of aliphatic hydroxyl groups excluding tert-OH is 1. The second kappa shape index (κ2) is 4.25. The van der Waals surface area contributed by atoms with E-state index < -0.39 is 11.0 Å². The molecule has 4 nitrogen and oxygen atoms in total. The summed E-state index contributed by atoms with van der Waals surface area (Å²) in [6.45, 7) is 0. The first kappa shape index (κ1) is 10.0. The van der Waals surface area contributed by atoms with Gasteiger partial charge in [-0.15, -0.1) is 0 Å². The summed E-state index contributed by atoms with van der Waals surface area (Å²) >= 11 is 3.91. The summed E-state index contributed by atoms with van der Waals surface area (Å²) in [6, 6.07) is 5.78. The van der Waals surface area contributed by atoms with Gasteiger partial charge in [0.1, 0.15) is 0 Å². The zero-order valence-electron chi connectivity index (χ0n) is 6.75. The molecule has 1 aromatic carbocycles. The van der Waals surface area contributed by atoms with E-state index in [9.17, 15) is 15.2 Å². The molecular weight excluding hydrogens is 190 g/mol. The summed E-state index contributed by atoms with van der Waals surface area (Å²) < 4.78 is 0. The molecule has 0 fully saturated rings. The number of nitro benzene ring substituents is 1. The first-order valence-electron chi connectivity index (χ1n) is 3.68. The van der Waals surface area contributed by atoms with Crippen molar-refractivity contribution in [1.29, 1.82) is 0 Å². The van der Waals surface area contributed by atoms with Crippen LogP contribution in [-0.4, -0.2) is 15.8 Å². The van der Waals surface area contributed by atoms with Crippen molar-refractivity contribution in [3.05, 3.63) is 39.9 Å². The van der Waals surface area contributed by atoms with Crippen LogP contribution in [0.4, 0.5) is 5.69 Å². The molecular formula is C8H9NO3S. The number of benzene rings is 1. The minimum atomic E-state index is -0.663. The fraction of sp³-hybridized carbons (Fsp3) is 0.250. The molecule has 1 unspecified atom stereocenters. The van der Waals surface area contributed by atoms with Gasteiger partial charge in [0.15, 0.2) is 0 Å². The lowest BCUT2D eigenvalue weighted by Gasteiger charge is -2.05. The Kier molecular flexibility index (Phi) is 3.27. The van der Waals surface area contributed by atoms with Gasteiger partial charge < -0.3 is 5.11 Å². The molecule has 1 aromatic rings. The van der Waals surface area contributed by atoms with Crippen molar-refractivity contribution < 1.29 is 10.0 Å². The maximum absolute atomic E-state index is 10.3.